The third-order valence-electron chi connectivity index (χ3n) is 7.07. The Hall–Kier alpha value is -0.160. The summed E-state index contributed by atoms with van der Waals surface area (Å²) < 4.78 is 12.2. The van der Waals surface area contributed by atoms with Gasteiger partial charge in [-0.1, -0.05) is 0 Å². The van der Waals surface area contributed by atoms with Gasteiger partial charge in [-0.3, -0.25) is 9.80 Å². The average molecular weight is 322 g/mol. The van der Waals surface area contributed by atoms with Gasteiger partial charge in [-0.05, 0) is 59.8 Å². The van der Waals surface area contributed by atoms with E-state index in [0.717, 1.165) is 19.8 Å². The van der Waals surface area contributed by atoms with Crippen LogP contribution in [0.2, 0.25) is 0 Å². The van der Waals surface area contributed by atoms with Crippen molar-refractivity contribution in [2.75, 3.05) is 26.4 Å². The molecule has 0 saturated carbocycles. The molecule has 4 nitrogen and oxygen atoms in total. The van der Waals surface area contributed by atoms with Gasteiger partial charge in [0, 0.05) is 42.4 Å². The first-order chi connectivity index (χ1) is 11.0. The highest BCUT2D eigenvalue weighted by molar-refractivity contribution is 5.13. The summed E-state index contributed by atoms with van der Waals surface area (Å²) in [7, 11) is 0. The van der Waals surface area contributed by atoms with E-state index in [-0.39, 0.29) is 0 Å². The summed E-state index contributed by atoms with van der Waals surface area (Å²) in [5, 5.41) is 0. The fraction of sp³-hybridized carbons (Fsp3) is 1.00. The molecule has 0 radical (unpaired) electrons. The van der Waals surface area contributed by atoms with E-state index in [1.54, 1.807) is 0 Å². The van der Waals surface area contributed by atoms with E-state index in [9.17, 15) is 0 Å². The van der Waals surface area contributed by atoms with Gasteiger partial charge in [0.05, 0.1) is 19.3 Å². The lowest BCUT2D eigenvalue weighted by molar-refractivity contribution is -0.203. The summed E-state index contributed by atoms with van der Waals surface area (Å²) >= 11 is 0. The molecule has 4 aliphatic rings. The predicted molar refractivity (Wildman–Crippen MR) is 91.7 cm³/mol. The van der Waals surface area contributed by atoms with Gasteiger partial charge in [-0.15, -0.1) is 0 Å². The summed E-state index contributed by atoms with van der Waals surface area (Å²) in [6.07, 6.45) is 6.80. The molecule has 0 bridgehead atoms. The minimum absolute atomic E-state index is 0.331. The molecule has 132 valence electrons. The molecule has 4 unspecified atom stereocenters. The van der Waals surface area contributed by atoms with Gasteiger partial charge < -0.3 is 9.47 Å². The molecule has 4 heterocycles. The summed E-state index contributed by atoms with van der Waals surface area (Å²) in [5.41, 5.74) is 0.697. The normalized spacial score (nSPS) is 45.1. The van der Waals surface area contributed by atoms with Crippen molar-refractivity contribution in [3.05, 3.63) is 0 Å². The van der Waals surface area contributed by atoms with Gasteiger partial charge in [-0.25, -0.2) is 0 Å². The van der Waals surface area contributed by atoms with Crippen LogP contribution in [0, 0.1) is 0 Å². The zero-order valence-electron chi connectivity index (χ0n) is 15.4. The Bertz CT molecular complexity index is 437. The molecule has 0 aromatic carbocycles. The first-order valence-corrected chi connectivity index (χ1v) is 9.72. The number of nitrogens with zero attached hydrogens (tertiary/aromatic N) is 2. The molecule has 0 aromatic rings. The van der Waals surface area contributed by atoms with Crippen LogP contribution in [-0.2, 0) is 9.47 Å². The topological polar surface area (TPSA) is 24.9 Å². The molecule has 0 N–H and O–H groups in total. The molecule has 0 amide bonds. The number of hydrogen-bond acceptors (Lipinski definition) is 4. The van der Waals surface area contributed by atoms with Crippen LogP contribution in [0.1, 0.15) is 59.8 Å². The summed E-state index contributed by atoms with van der Waals surface area (Å²) in [4.78, 5) is 5.39. The van der Waals surface area contributed by atoms with E-state index >= 15 is 0 Å². The molecule has 4 saturated heterocycles. The van der Waals surface area contributed by atoms with Gasteiger partial charge in [-0.2, -0.15) is 0 Å². The SMILES string of the molecule is CC(C)N1CCC12CCC(C1CC3(CCOC3)N1C(C)C)OC2. The highest BCUT2D eigenvalue weighted by Crippen LogP contribution is 2.49. The lowest BCUT2D eigenvalue weighted by Gasteiger charge is -2.63. The second kappa shape index (κ2) is 5.69. The fourth-order valence-electron chi connectivity index (χ4n) is 5.95. The second-order valence-electron chi connectivity index (χ2n) is 8.95. The Balaban J connectivity index is 1.39. The minimum Gasteiger partial charge on any atom is -0.379 e. The molecule has 4 fully saturated rings. The number of ether oxygens (including phenoxy) is 2. The molecule has 2 spiro atoms. The summed E-state index contributed by atoms with van der Waals surface area (Å²) in [6, 6.07) is 1.85. The molecule has 4 heteroatoms. The van der Waals surface area contributed by atoms with Gasteiger partial charge in [0.25, 0.3) is 0 Å². The van der Waals surface area contributed by atoms with E-state index in [2.05, 4.69) is 37.5 Å². The maximum Gasteiger partial charge on any atom is 0.0732 e. The number of likely N-dealkylation sites (tertiary alicyclic amines) is 2. The molecular formula is C19H34N2O2. The van der Waals surface area contributed by atoms with Gasteiger partial charge in [0.2, 0.25) is 0 Å². The molecule has 0 aliphatic carbocycles. The first kappa shape index (κ1) is 16.3. The van der Waals surface area contributed by atoms with Crippen LogP contribution < -0.4 is 0 Å². The van der Waals surface area contributed by atoms with E-state index in [0.29, 0.717) is 35.3 Å². The zero-order chi connectivity index (χ0) is 16.2. The Morgan fingerprint density at radius 3 is 2.26 bits per heavy atom. The fourth-order valence-corrected chi connectivity index (χ4v) is 5.95. The summed E-state index contributed by atoms with van der Waals surface area (Å²) in [5.74, 6) is 0. The largest absolute Gasteiger partial charge is 0.379 e. The van der Waals surface area contributed by atoms with Crippen molar-refractivity contribution in [1.82, 2.24) is 9.80 Å². The van der Waals surface area contributed by atoms with Crippen LogP contribution in [0.4, 0.5) is 0 Å². The first-order valence-electron chi connectivity index (χ1n) is 9.72. The molecule has 0 aromatic heterocycles. The molecule has 23 heavy (non-hydrogen) atoms. The predicted octanol–water partition coefficient (Wildman–Crippen LogP) is 2.66. The van der Waals surface area contributed by atoms with Crippen LogP contribution >= 0.6 is 0 Å². The van der Waals surface area contributed by atoms with Crippen molar-refractivity contribution in [3.8, 4) is 0 Å². The minimum atomic E-state index is 0.331. The Morgan fingerprint density at radius 2 is 1.78 bits per heavy atom. The van der Waals surface area contributed by atoms with Crippen LogP contribution in [0.5, 0.6) is 0 Å². The van der Waals surface area contributed by atoms with Gasteiger partial charge >= 0.3 is 0 Å². The molecule has 4 aliphatic heterocycles. The lowest BCUT2D eigenvalue weighted by atomic mass is 9.71. The molecular weight excluding hydrogens is 288 g/mol. The van der Waals surface area contributed by atoms with Crippen molar-refractivity contribution in [2.45, 2.75) is 95.1 Å². The third kappa shape index (κ3) is 2.40. The van der Waals surface area contributed by atoms with E-state index < -0.39 is 0 Å². The van der Waals surface area contributed by atoms with Crippen LogP contribution in [0.25, 0.3) is 0 Å². The maximum absolute atomic E-state index is 6.48. The average Bonchev–Trinajstić information content (AvgIpc) is 2.94. The highest BCUT2D eigenvalue weighted by Gasteiger charge is 2.58. The van der Waals surface area contributed by atoms with Crippen molar-refractivity contribution in [2.24, 2.45) is 0 Å². The smallest absolute Gasteiger partial charge is 0.0732 e. The Labute approximate surface area is 141 Å². The molecule has 4 rings (SSSR count). The van der Waals surface area contributed by atoms with Crippen LogP contribution in [-0.4, -0.2) is 71.5 Å². The zero-order valence-corrected chi connectivity index (χ0v) is 15.4. The van der Waals surface area contributed by atoms with E-state index in [1.807, 2.05) is 0 Å². The number of rotatable bonds is 3. The highest BCUT2D eigenvalue weighted by atomic mass is 16.5. The van der Waals surface area contributed by atoms with Crippen LogP contribution in [0.15, 0.2) is 0 Å². The third-order valence-corrected chi connectivity index (χ3v) is 7.07. The quantitative estimate of drug-likeness (QED) is 0.797. The Kier molecular flexibility index (Phi) is 4.03. The van der Waals surface area contributed by atoms with Crippen molar-refractivity contribution >= 4 is 0 Å². The molecule has 4 atom stereocenters. The van der Waals surface area contributed by atoms with Crippen LogP contribution in [0.3, 0.4) is 0 Å². The van der Waals surface area contributed by atoms with Gasteiger partial charge in [0.1, 0.15) is 0 Å². The van der Waals surface area contributed by atoms with E-state index in [4.69, 9.17) is 9.47 Å². The van der Waals surface area contributed by atoms with Crippen molar-refractivity contribution in [1.29, 1.82) is 0 Å². The second-order valence-corrected chi connectivity index (χ2v) is 8.95. The lowest BCUT2D eigenvalue weighted by Crippen LogP contribution is -2.74. The Morgan fingerprint density at radius 1 is 0.957 bits per heavy atom. The van der Waals surface area contributed by atoms with Crippen molar-refractivity contribution < 1.29 is 9.47 Å². The van der Waals surface area contributed by atoms with Crippen molar-refractivity contribution in [3.63, 3.8) is 0 Å². The van der Waals surface area contributed by atoms with E-state index in [1.165, 1.54) is 38.6 Å². The van der Waals surface area contributed by atoms with Gasteiger partial charge in [0.15, 0.2) is 0 Å². The summed E-state index contributed by atoms with van der Waals surface area (Å²) in [6.45, 7) is 13.4. The number of hydrogen-bond donors (Lipinski definition) is 0. The monoisotopic (exact) mass is 322 g/mol. The standard InChI is InChI=1S/C19H34N2O2/c1-14(2)20-9-7-18(20)6-5-17(23-13-18)16-11-19(8-10-22-12-19)21(16)15(3)4/h14-17H,5-13H2,1-4H3. The maximum atomic E-state index is 6.48.